The number of amides is 1. The molecule has 2 aliphatic carbocycles. The van der Waals surface area contributed by atoms with E-state index in [1.165, 1.54) is 12.1 Å². The monoisotopic (exact) mass is 394 g/mol. The second kappa shape index (κ2) is 8.15. The molecule has 2 aliphatic rings. The van der Waals surface area contributed by atoms with E-state index in [4.69, 9.17) is 5.11 Å². The zero-order valence-corrected chi connectivity index (χ0v) is 15.9. The lowest BCUT2D eigenvalue weighted by Crippen LogP contribution is -2.39. The van der Waals surface area contributed by atoms with Gasteiger partial charge < -0.3 is 10.4 Å². The average molecular weight is 394 g/mol. The smallest absolute Gasteiger partial charge is 0.404 e. The number of hydrogen-bond acceptors (Lipinski definition) is 3. The SMILES string of the molecule is O=C(O)NC1CC[C@@H]2[C@H](CC(=O)[C@H]2/C=C/c2ccc(-c3cccc(F)c3)cn2)C1. The van der Waals surface area contributed by atoms with Crippen LogP contribution in [0.5, 0.6) is 0 Å². The van der Waals surface area contributed by atoms with Crippen LogP contribution in [0.4, 0.5) is 9.18 Å². The van der Waals surface area contributed by atoms with Gasteiger partial charge in [-0.05, 0) is 60.9 Å². The van der Waals surface area contributed by atoms with Crippen LogP contribution in [0.2, 0.25) is 0 Å². The van der Waals surface area contributed by atoms with E-state index >= 15 is 0 Å². The Balaban J connectivity index is 1.42. The summed E-state index contributed by atoms with van der Waals surface area (Å²) >= 11 is 0. The number of carbonyl (C=O) groups excluding carboxylic acids is 1. The number of benzene rings is 1. The number of carbonyl (C=O) groups is 2. The predicted molar refractivity (Wildman–Crippen MR) is 108 cm³/mol. The Kier molecular flexibility index (Phi) is 5.43. The standard InChI is InChI=1S/C23H23FN2O3/c24-17-3-1-2-14(10-17)15-4-5-18(25-13-15)6-9-21-20-8-7-19(26-23(28)29)11-16(20)12-22(21)27/h1-6,9-10,13,16,19-21,26H,7-8,11-12H2,(H,28,29)/b9-6+/t16-,19?,20+,21-/m0/s1. The summed E-state index contributed by atoms with van der Waals surface area (Å²) < 4.78 is 13.4. The molecule has 0 saturated heterocycles. The number of ketones is 1. The Morgan fingerprint density at radius 3 is 2.79 bits per heavy atom. The molecule has 0 aliphatic heterocycles. The van der Waals surface area contributed by atoms with Crippen LogP contribution < -0.4 is 5.32 Å². The highest BCUT2D eigenvalue weighted by Crippen LogP contribution is 2.44. The first-order valence-corrected chi connectivity index (χ1v) is 9.92. The third-order valence-electron chi connectivity index (χ3n) is 6.08. The first-order valence-electron chi connectivity index (χ1n) is 9.92. The molecule has 0 radical (unpaired) electrons. The van der Waals surface area contributed by atoms with Gasteiger partial charge in [-0.3, -0.25) is 9.78 Å². The molecule has 1 aromatic heterocycles. The number of carboxylic acid groups (broad SMARTS) is 1. The van der Waals surface area contributed by atoms with Crippen molar-refractivity contribution < 1.29 is 19.1 Å². The van der Waals surface area contributed by atoms with Gasteiger partial charge in [-0.25, -0.2) is 9.18 Å². The van der Waals surface area contributed by atoms with Crippen LogP contribution >= 0.6 is 0 Å². The first-order chi connectivity index (χ1) is 14.0. The number of pyridine rings is 1. The van der Waals surface area contributed by atoms with Gasteiger partial charge in [-0.2, -0.15) is 0 Å². The van der Waals surface area contributed by atoms with Crippen LogP contribution in [0.25, 0.3) is 17.2 Å². The lowest BCUT2D eigenvalue weighted by Gasteiger charge is -2.32. The number of aromatic nitrogens is 1. The first kappa shape index (κ1) is 19.3. The molecule has 1 heterocycles. The summed E-state index contributed by atoms with van der Waals surface area (Å²) in [4.78, 5) is 27.8. The maximum Gasteiger partial charge on any atom is 0.404 e. The quantitative estimate of drug-likeness (QED) is 0.798. The molecule has 1 amide bonds. The van der Waals surface area contributed by atoms with E-state index < -0.39 is 6.09 Å². The highest BCUT2D eigenvalue weighted by Gasteiger charge is 2.44. The van der Waals surface area contributed by atoms with Crippen LogP contribution in [0, 0.1) is 23.6 Å². The Hall–Kier alpha value is -3.02. The van der Waals surface area contributed by atoms with Gasteiger partial charge in [0.15, 0.2) is 0 Å². The normalized spacial score (nSPS) is 26.4. The lowest BCUT2D eigenvalue weighted by atomic mass is 9.76. The molecule has 1 aromatic carbocycles. The largest absolute Gasteiger partial charge is 0.465 e. The van der Waals surface area contributed by atoms with E-state index in [9.17, 15) is 14.0 Å². The minimum Gasteiger partial charge on any atom is -0.465 e. The van der Waals surface area contributed by atoms with Crippen molar-refractivity contribution >= 4 is 18.0 Å². The third kappa shape index (κ3) is 4.36. The van der Waals surface area contributed by atoms with Gasteiger partial charge in [0.05, 0.1) is 5.69 Å². The van der Waals surface area contributed by atoms with Crippen molar-refractivity contribution in [1.82, 2.24) is 10.3 Å². The number of allylic oxidation sites excluding steroid dienone is 1. The number of nitrogens with zero attached hydrogens (tertiary/aromatic N) is 1. The van der Waals surface area contributed by atoms with E-state index in [0.717, 1.165) is 36.1 Å². The molecule has 2 fully saturated rings. The molecule has 4 atom stereocenters. The van der Waals surface area contributed by atoms with Gasteiger partial charge in [0.1, 0.15) is 11.6 Å². The Labute approximate surface area is 168 Å². The summed E-state index contributed by atoms with van der Waals surface area (Å²) in [6, 6.07) is 10.1. The molecule has 2 saturated carbocycles. The van der Waals surface area contributed by atoms with Crippen molar-refractivity contribution in [2.75, 3.05) is 0 Å². The van der Waals surface area contributed by atoms with Gasteiger partial charge in [0.2, 0.25) is 0 Å². The fourth-order valence-electron chi connectivity index (χ4n) is 4.73. The molecular weight excluding hydrogens is 371 g/mol. The number of Topliss-reactive ketones (excluding diaryl/α,β-unsaturated/α-hetero) is 1. The van der Waals surface area contributed by atoms with E-state index in [1.807, 2.05) is 30.4 Å². The van der Waals surface area contributed by atoms with Crippen molar-refractivity contribution in [2.24, 2.45) is 17.8 Å². The molecule has 150 valence electrons. The second-order valence-electron chi connectivity index (χ2n) is 7.92. The molecule has 0 spiro atoms. The van der Waals surface area contributed by atoms with E-state index in [1.54, 1.807) is 12.3 Å². The predicted octanol–water partition coefficient (Wildman–Crippen LogP) is 4.54. The minimum absolute atomic E-state index is 0.0543. The van der Waals surface area contributed by atoms with Crippen molar-refractivity contribution in [3.63, 3.8) is 0 Å². The highest BCUT2D eigenvalue weighted by molar-refractivity contribution is 5.86. The van der Waals surface area contributed by atoms with Crippen molar-refractivity contribution in [1.29, 1.82) is 0 Å². The van der Waals surface area contributed by atoms with Crippen LogP contribution in [0.15, 0.2) is 48.7 Å². The Morgan fingerprint density at radius 2 is 2.07 bits per heavy atom. The number of rotatable bonds is 4. The molecule has 29 heavy (non-hydrogen) atoms. The summed E-state index contributed by atoms with van der Waals surface area (Å²) in [5.41, 5.74) is 2.36. The van der Waals surface area contributed by atoms with Gasteiger partial charge in [0.25, 0.3) is 0 Å². The summed E-state index contributed by atoms with van der Waals surface area (Å²) in [5, 5.41) is 11.5. The fourth-order valence-corrected chi connectivity index (χ4v) is 4.73. The third-order valence-corrected chi connectivity index (χ3v) is 6.08. The van der Waals surface area contributed by atoms with Crippen molar-refractivity contribution in [2.45, 2.75) is 31.7 Å². The van der Waals surface area contributed by atoms with Gasteiger partial charge in [-0.1, -0.05) is 24.3 Å². The summed E-state index contributed by atoms with van der Waals surface area (Å²) in [6.45, 7) is 0. The molecule has 1 unspecified atom stereocenters. The van der Waals surface area contributed by atoms with E-state index in [-0.39, 0.29) is 35.4 Å². The van der Waals surface area contributed by atoms with Gasteiger partial charge in [-0.15, -0.1) is 0 Å². The summed E-state index contributed by atoms with van der Waals surface area (Å²) in [5.74, 6) is 0.330. The fraction of sp³-hybridized carbons (Fsp3) is 0.348. The average Bonchev–Trinajstić information content (AvgIpc) is 3.00. The number of nitrogens with one attached hydrogen (secondary N) is 1. The van der Waals surface area contributed by atoms with Gasteiger partial charge in [0, 0.05) is 30.1 Å². The number of hydrogen-bond donors (Lipinski definition) is 2. The van der Waals surface area contributed by atoms with Crippen LogP contribution in [-0.4, -0.2) is 28.0 Å². The minimum atomic E-state index is -0.998. The Morgan fingerprint density at radius 1 is 1.21 bits per heavy atom. The van der Waals surface area contributed by atoms with Gasteiger partial charge >= 0.3 is 6.09 Å². The van der Waals surface area contributed by atoms with Crippen LogP contribution in [-0.2, 0) is 4.79 Å². The molecule has 5 nitrogen and oxygen atoms in total. The number of fused-ring (bicyclic) bond motifs is 1. The van der Waals surface area contributed by atoms with Crippen molar-refractivity contribution in [3.05, 3.63) is 60.2 Å². The zero-order chi connectivity index (χ0) is 20.4. The zero-order valence-electron chi connectivity index (χ0n) is 15.9. The topological polar surface area (TPSA) is 79.3 Å². The van der Waals surface area contributed by atoms with Crippen LogP contribution in [0.3, 0.4) is 0 Å². The van der Waals surface area contributed by atoms with Crippen molar-refractivity contribution in [3.8, 4) is 11.1 Å². The molecule has 6 heteroatoms. The molecular formula is C23H23FN2O3. The van der Waals surface area contributed by atoms with Crippen LogP contribution in [0.1, 0.15) is 31.4 Å². The lowest BCUT2D eigenvalue weighted by molar-refractivity contribution is -0.120. The maximum absolute atomic E-state index is 13.4. The molecule has 2 N–H and O–H groups in total. The summed E-state index contributed by atoms with van der Waals surface area (Å²) in [7, 11) is 0. The summed E-state index contributed by atoms with van der Waals surface area (Å²) in [6.07, 6.45) is 7.40. The van der Waals surface area contributed by atoms with E-state index in [0.29, 0.717) is 6.42 Å². The second-order valence-corrected chi connectivity index (χ2v) is 7.92. The highest BCUT2D eigenvalue weighted by atomic mass is 19.1. The molecule has 2 aromatic rings. The number of halogens is 1. The van der Waals surface area contributed by atoms with E-state index in [2.05, 4.69) is 10.3 Å². The molecule has 4 rings (SSSR count). The molecule has 0 bridgehead atoms. The maximum atomic E-state index is 13.4. The Bertz CT molecular complexity index is 941.